The molecule has 192 valence electrons. The van der Waals surface area contributed by atoms with E-state index in [0.29, 0.717) is 16.3 Å². The predicted octanol–water partition coefficient (Wildman–Crippen LogP) is 5.42. The van der Waals surface area contributed by atoms with E-state index >= 15 is 0 Å². The van der Waals surface area contributed by atoms with Crippen LogP contribution in [-0.4, -0.2) is 44.8 Å². The standard InChI is InChI=1S/C26H21ClF3N3O4/c27-20-6-8-21(9-7-20)33-16-19(15-31-33)23(34)32-22(24(35)36)14-25(37-26(28,29)30)12-10-18(11-13-25)17-4-2-1-3-5-17/h1-12,15-16,22H,13-14H2,(H,32,34)(H,35,36). The molecule has 0 radical (unpaired) electrons. The molecule has 0 fully saturated rings. The number of rotatable bonds is 8. The first-order valence-corrected chi connectivity index (χ1v) is 11.5. The summed E-state index contributed by atoms with van der Waals surface area (Å²) in [5, 5.41) is 16.6. The Morgan fingerprint density at radius 3 is 2.46 bits per heavy atom. The number of aromatic nitrogens is 2. The van der Waals surface area contributed by atoms with Gasteiger partial charge in [0.15, 0.2) is 0 Å². The van der Waals surface area contributed by atoms with Gasteiger partial charge >= 0.3 is 12.3 Å². The smallest absolute Gasteiger partial charge is 0.480 e. The lowest BCUT2D eigenvalue weighted by atomic mass is 9.84. The van der Waals surface area contributed by atoms with Gasteiger partial charge in [0.25, 0.3) is 5.91 Å². The van der Waals surface area contributed by atoms with Crippen molar-refractivity contribution >= 4 is 29.1 Å². The summed E-state index contributed by atoms with van der Waals surface area (Å²) in [6.45, 7) is 0. The van der Waals surface area contributed by atoms with Crippen molar-refractivity contribution in [3.8, 4) is 5.69 Å². The minimum atomic E-state index is -5.03. The van der Waals surface area contributed by atoms with E-state index in [1.807, 2.05) is 6.07 Å². The van der Waals surface area contributed by atoms with Gasteiger partial charge in [0.1, 0.15) is 11.6 Å². The number of alkyl halides is 3. The van der Waals surface area contributed by atoms with E-state index in [4.69, 9.17) is 11.6 Å². The van der Waals surface area contributed by atoms with Crippen LogP contribution in [0.3, 0.4) is 0 Å². The van der Waals surface area contributed by atoms with E-state index in [1.54, 1.807) is 54.6 Å². The highest BCUT2D eigenvalue weighted by molar-refractivity contribution is 6.30. The van der Waals surface area contributed by atoms with Gasteiger partial charge in [0.2, 0.25) is 0 Å². The molecular weight excluding hydrogens is 511 g/mol. The number of benzene rings is 2. The van der Waals surface area contributed by atoms with Gasteiger partial charge < -0.3 is 10.4 Å². The highest BCUT2D eigenvalue weighted by Crippen LogP contribution is 2.38. The molecule has 1 aromatic heterocycles. The number of aliphatic carboxylic acids is 1. The molecule has 37 heavy (non-hydrogen) atoms. The lowest BCUT2D eigenvalue weighted by Crippen LogP contribution is -2.49. The molecule has 1 heterocycles. The van der Waals surface area contributed by atoms with Gasteiger partial charge in [-0.1, -0.05) is 60.2 Å². The summed E-state index contributed by atoms with van der Waals surface area (Å²) in [5.41, 5.74) is 0.0644. The molecule has 4 rings (SSSR count). The molecule has 0 spiro atoms. The van der Waals surface area contributed by atoms with Crippen molar-refractivity contribution in [1.82, 2.24) is 15.1 Å². The minimum absolute atomic E-state index is 0.0254. The number of amides is 1. The van der Waals surface area contributed by atoms with Crippen LogP contribution in [0.2, 0.25) is 5.02 Å². The second-order valence-corrected chi connectivity index (χ2v) is 8.83. The van der Waals surface area contributed by atoms with Gasteiger partial charge in [-0.05, 0) is 41.8 Å². The number of nitrogens with zero attached hydrogens (tertiary/aromatic N) is 2. The molecule has 0 aliphatic heterocycles. The molecule has 2 aromatic carbocycles. The van der Waals surface area contributed by atoms with Crippen molar-refractivity contribution < 1.29 is 32.6 Å². The van der Waals surface area contributed by atoms with Gasteiger partial charge in [-0.15, -0.1) is 13.2 Å². The summed E-state index contributed by atoms with van der Waals surface area (Å²) in [4.78, 5) is 24.8. The molecule has 7 nitrogen and oxygen atoms in total. The van der Waals surface area contributed by atoms with Gasteiger partial charge in [0, 0.05) is 17.6 Å². The van der Waals surface area contributed by atoms with Gasteiger partial charge in [-0.2, -0.15) is 5.10 Å². The summed E-state index contributed by atoms with van der Waals surface area (Å²) in [7, 11) is 0. The predicted molar refractivity (Wildman–Crippen MR) is 130 cm³/mol. The topological polar surface area (TPSA) is 93.4 Å². The quantitative estimate of drug-likeness (QED) is 0.405. The largest absolute Gasteiger partial charge is 0.523 e. The second-order valence-electron chi connectivity index (χ2n) is 8.39. The summed E-state index contributed by atoms with van der Waals surface area (Å²) < 4.78 is 45.8. The number of carbonyl (C=O) groups excluding carboxylic acids is 1. The third kappa shape index (κ3) is 6.66. The van der Waals surface area contributed by atoms with Crippen molar-refractivity contribution in [2.75, 3.05) is 0 Å². The number of carboxylic acid groups (broad SMARTS) is 1. The summed E-state index contributed by atoms with van der Waals surface area (Å²) in [6.07, 6.45) is 0.864. The number of nitrogens with one attached hydrogen (secondary N) is 1. The fourth-order valence-electron chi connectivity index (χ4n) is 3.97. The number of ether oxygens (including phenoxy) is 1. The van der Waals surface area contributed by atoms with Crippen molar-refractivity contribution in [3.05, 3.63) is 101 Å². The lowest BCUT2D eigenvalue weighted by molar-refractivity contribution is -0.359. The monoisotopic (exact) mass is 531 g/mol. The van der Waals surface area contributed by atoms with Crippen LogP contribution in [-0.2, 0) is 9.53 Å². The van der Waals surface area contributed by atoms with Crippen LogP contribution in [0.15, 0.2) is 85.2 Å². The van der Waals surface area contributed by atoms with E-state index in [-0.39, 0.29) is 12.0 Å². The number of carboxylic acids is 1. The van der Waals surface area contributed by atoms with Crippen LogP contribution in [0.4, 0.5) is 13.2 Å². The number of hydrogen-bond acceptors (Lipinski definition) is 4. The maximum Gasteiger partial charge on any atom is 0.523 e. The Morgan fingerprint density at radius 2 is 1.86 bits per heavy atom. The maximum absolute atomic E-state index is 13.3. The Hall–Kier alpha value is -3.89. The normalized spacial score (nSPS) is 18.2. The van der Waals surface area contributed by atoms with E-state index in [1.165, 1.54) is 29.2 Å². The van der Waals surface area contributed by atoms with Crippen molar-refractivity contribution in [1.29, 1.82) is 0 Å². The number of carbonyl (C=O) groups is 2. The molecule has 1 aliphatic rings. The van der Waals surface area contributed by atoms with Crippen LogP contribution < -0.4 is 5.32 Å². The lowest BCUT2D eigenvalue weighted by Gasteiger charge is -2.35. The average molecular weight is 532 g/mol. The maximum atomic E-state index is 13.3. The Balaban J connectivity index is 1.52. The number of hydrogen-bond donors (Lipinski definition) is 2. The first-order chi connectivity index (χ1) is 17.5. The summed E-state index contributed by atoms with van der Waals surface area (Å²) in [6, 6.07) is 13.9. The zero-order valence-corrected chi connectivity index (χ0v) is 19.9. The number of allylic oxidation sites excluding steroid dienone is 2. The first kappa shape index (κ1) is 26.2. The molecular formula is C26H21ClF3N3O4. The minimum Gasteiger partial charge on any atom is -0.480 e. The molecule has 0 saturated carbocycles. The van der Waals surface area contributed by atoms with Gasteiger partial charge in [0.05, 0.1) is 17.4 Å². The summed E-state index contributed by atoms with van der Waals surface area (Å²) in [5.74, 6) is -2.31. The fourth-order valence-corrected chi connectivity index (χ4v) is 4.09. The first-order valence-electron chi connectivity index (χ1n) is 11.1. The molecule has 1 amide bonds. The number of halogens is 4. The van der Waals surface area contributed by atoms with Crippen LogP contribution in [0.1, 0.15) is 28.8 Å². The van der Waals surface area contributed by atoms with E-state index in [0.717, 1.165) is 5.56 Å². The average Bonchev–Trinajstić information content (AvgIpc) is 3.34. The van der Waals surface area contributed by atoms with Crippen LogP contribution in [0.5, 0.6) is 0 Å². The molecule has 0 bridgehead atoms. The zero-order chi connectivity index (χ0) is 26.6. The van der Waals surface area contributed by atoms with Crippen LogP contribution in [0, 0.1) is 0 Å². The molecule has 11 heteroatoms. The second kappa shape index (κ2) is 10.6. The Labute approximate surface area is 214 Å². The highest BCUT2D eigenvalue weighted by Gasteiger charge is 2.45. The van der Waals surface area contributed by atoms with Crippen LogP contribution >= 0.6 is 11.6 Å². The van der Waals surface area contributed by atoms with Crippen molar-refractivity contribution in [2.45, 2.75) is 30.8 Å². The Kier molecular flexibility index (Phi) is 7.51. The molecule has 2 unspecified atom stereocenters. The van der Waals surface area contributed by atoms with Gasteiger partial charge in [-0.25, -0.2) is 9.48 Å². The summed E-state index contributed by atoms with van der Waals surface area (Å²) >= 11 is 5.87. The SMILES string of the molecule is O=C(NC(CC1(OC(F)(F)F)C=CC(c2ccccc2)=CC1)C(=O)O)c1cnn(-c2ccc(Cl)cc2)c1. The molecule has 2 N–H and O–H groups in total. The Bertz CT molecular complexity index is 1340. The third-order valence-corrected chi connectivity index (χ3v) is 6.00. The van der Waals surface area contributed by atoms with Crippen molar-refractivity contribution in [2.24, 2.45) is 0 Å². The zero-order valence-electron chi connectivity index (χ0n) is 19.2. The highest BCUT2D eigenvalue weighted by atomic mass is 35.5. The van der Waals surface area contributed by atoms with Crippen molar-refractivity contribution in [3.63, 3.8) is 0 Å². The molecule has 3 aromatic rings. The van der Waals surface area contributed by atoms with E-state index < -0.39 is 36.3 Å². The molecule has 1 aliphatic carbocycles. The fraction of sp³-hybridized carbons (Fsp3) is 0.192. The van der Waals surface area contributed by atoms with E-state index in [9.17, 15) is 27.9 Å². The third-order valence-electron chi connectivity index (χ3n) is 5.75. The molecule has 2 atom stereocenters. The Morgan fingerprint density at radius 1 is 1.16 bits per heavy atom. The van der Waals surface area contributed by atoms with E-state index in [2.05, 4.69) is 15.2 Å². The van der Waals surface area contributed by atoms with Gasteiger partial charge in [-0.3, -0.25) is 9.53 Å². The van der Waals surface area contributed by atoms with Crippen LogP contribution in [0.25, 0.3) is 11.3 Å². The molecule has 0 saturated heterocycles.